The second-order valence-corrected chi connectivity index (χ2v) is 6.44. The van der Waals surface area contributed by atoms with E-state index in [0.717, 1.165) is 25.9 Å². The van der Waals surface area contributed by atoms with Crippen LogP contribution in [0.2, 0.25) is 0 Å². The van der Waals surface area contributed by atoms with Crippen molar-refractivity contribution in [3.63, 3.8) is 0 Å². The molecule has 2 rings (SSSR count). The first-order valence-corrected chi connectivity index (χ1v) is 8.98. The standard InChI is InChI=1S/C17H27NO3S/c1-19-17(20-2)9-11-21-13-15(17)8-10-18-12-14-4-6-16(22-3)7-5-14/h4-7,15,18H,8-13H2,1-3H3. The lowest BCUT2D eigenvalue weighted by atomic mass is 9.91. The number of nitrogens with one attached hydrogen (secondary N) is 1. The summed E-state index contributed by atoms with van der Waals surface area (Å²) in [7, 11) is 3.45. The van der Waals surface area contributed by atoms with Crippen LogP contribution in [0.15, 0.2) is 29.2 Å². The highest BCUT2D eigenvalue weighted by molar-refractivity contribution is 7.98. The highest BCUT2D eigenvalue weighted by Gasteiger charge is 2.41. The van der Waals surface area contributed by atoms with Gasteiger partial charge in [0.2, 0.25) is 0 Å². The fourth-order valence-electron chi connectivity index (χ4n) is 2.95. The maximum absolute atomic E-state index is 5.65. The topological polar surface area (TPSA) is 39.7 Å². The number of hydrogen-bond donors (Lipinski definition) is 1. The van der Waals surface area contributed by atoms with Crippen LogP contribution in [0, 0.1) is 5.92 Å². The zero-order chi connectivity index (χ0) is 15.8. The van der Waals surface area contributed by atoms with Gasteiger partial charge in [-0.1, -0.05) is 12.1 Å². The minimum absolute atomic E-state index is 0.266. The first kappa shape index (κ1) is 17.8. The van der Waals surface area contributed by atoms with Crippen molar-refractivity contribution < 1.29 is 14.2 Å². The summed E-state index contributed by atoms with van der Waals surface area (Å²) in [6.45, 7) is 3.21. The lowest BCUT2D eigenvalue weighted by Crippen LogP contribution is -2.49. The fourth-order valence-corrected chi connectivity index (χ4v) is 3.36. The van der Waals surface area contributed by atoms with E-state index in [-0.39, 0.29) is 5.92 Å². The third-order valence-electron chi connectivity index (χ3n) is 4.38. The molecule has 0 amide bonds. The van der Waals surface area contributed by atoms with Crippen molar-refractivity contribution in [1.82, 2.24) is 5.32 Å². The predicted molar refractivity (Wildman–Crippen MR) is 90.2 cm³/mol. The summed E-state index contributed by atoms with van der Waals surface area (Å²) in [5, 5.41) is 3.50. The second-order valence-electron chi connectivity index (χ2n) is 5.56. The Morgan fingerprint density at radius 1 is 1.27 bits per heavy atom. The molecule has 22 heavy (non-hydrogen) atoms. The van der Waals surface area contributed by atoms with E-state index in [1.807, 2.05) is 0 Å². The van der Waals surface area contributed by atoms with Gasteiger partial charge in [-0.25, -0.2) is 0 Å². The SMILES string of the molecule is COC1(OC)CCOCC1CCNCc1ccc(SC)cc1. The van der Waals surface area contributed by atoms with Crippen LogP contribution >= 0.6 is 11.8 Å². The molecular weight excluding hydrogens is 298 g/mol. The normalized spacial score (nSPS) is 21.0. The molecule has 1 fully saturated rings. The van der Waals surface area contributed by atoms with Crippen molar-refractivity contribution in [2.24, 2.45) is 5.92 Å². The molecule has 1 aromatic carbocycles. The van der Waals surface area contributed by atoms with Crippen LogP contribution in [-0.4, -0.2) is 46.0 Å². The maximum atomic E-state index is 5.65. The zero-order valence-electron chi connectivity index (χ0n) is 13.8. The summed E-state index contributed by atoms with van der Waals surface area (Å²) >= 11 is 1.77. The predicted octanol–water partition coefficient (Wildman–Crippen LogP) is 2.91. The van der Waals surface area contributed by atoms with E-state index in [9.17, 15) is 0 Å². The summed E-state index contributed by atoms with van der Waals surface area (Å²) in [6.07, 6.45) is 3.86. The summed E-state index contributed by atoms with van der Waals surface area (Å²) in [4.78, 5) is 1.30. The Morgan fingerprint density at radius 2 is 2.00 bits per heavy atom. The van der Waals surface area contributed by atoms with E-state index >= 15 is 0 Å². The lowest BCUT2D eigenvalue weighted by molar-refractivity contribution is -0.276. The first-order chi connectivity index (χ1) is 10.7. The molecule has 0 saturated carbocycles. The van der Waals surface area contributed by atoms with Crippen LogP contribution in [0.5, 0.6) is 0 Å². The summed E-state index contributed by atoms with van der Waals surface area (Å²) in [6, 6.07) is 8.68. The van der Waals surface area contributed by atoms with Crippen LogP contribution in [0.3, 0.4) is 0 Å². The van der Waals surface area contributed by atoms with Crippen LogP contribution in [0.4, 0.5) is 0 Å². The van der Waals surface area contributed by atoms with Crippen molar-refractivity contribution in [3.05, 3.63) is 29.8 Å². The molecule has 0 aliphatic carbocycles. The third kappa shape index (κ3) is 4.46. The summed E-state index contributed by atoms with van der Waals surface area (Å²) in [5.41, 5.74) is 1.31. The lowest BCUT2D eigenvalue weighted by Gasteiger charge is -2.41. The van der Waals surface area contributed by atoms with E-state index in [1.54, 1.807) is 26.0 Å². The highest BCUT2D eigenvalue weighted by atomic mass is 32.2. The quantitative estimate of drug-likeness (QED) is 0.452. The Bertz CT molecular complexity index is 434. The largest absolute Gasteiger partial charge is 0.381 e. The van der Waals surface area contributed by atoms with Gasteiger partial charge in [0, 0.05) is 38.0 Å². The summed E-state index contributed by atoms with van der Waals surface area (Å²) in [5.74, 6) is -0.220. The van der Waals surface area contributed by atoms with E-state index in [0.29, 0.717) is 13.2 Å². The number of thioether (sulfide) groups is 1. The molecule has 0 spiro atoms. The average molecular weight is 325 g/mol. The number of methoxy groups -OCH3 is 2. The van der Waals surface area contributed by atoms with Crippen molar-refractivity contribution >= 4 is 11.8 Å². The van der Waals surface area contributed by atoms with Gasteiger partial charge < -0.3 is 19.5 Å². The van der Waals surface area contributed by atoms with E-state index in [1.165, 1.54) is 10.5 Å². The van der Waals surface area contributed by atoms with Crippen molar-refractivity contribution in [2.75, 3.05) is 40.2 Å². The number of ether oxygens (including phenoxy) is 3. The van der Waals surface area contributed by atoms with Gasteiger partial charge in [0.15, 0.2) is 5.79 Å². The Hall–Kier alpha value is -0.590. The van der Waals surface area contributed by atoms with Gasteiger partial charge in [-0.3, -0.25) is 0 Å². The van der Waals surface area contributed by atoms with Gasteiger partial charge in [0.1, 0.15) is 0 Å². The van der Waals surface area contributed by atoms with E-state index in [2.05, 4.69) is 35.8 Å². The number of hydrogen-bond acceptors (Lipinski definition) is 5. The van der Waals surface area contributed by atoms with Gasteiger partial charge in [-0.05, 0) is 36.9 Å². The number of benzene rings is 1. The Balaban J connectivity index is 1.77. The molecule has 1 aromatic rings. The van der Waals surface area contributed by atoms with Crippen LogP contribution < -0.4 is 5.32 Å². The van der Waals surface area contributed by atoms with E-state index in [4.69, 9.17) is 14.2 Å². The van der Waals surface area contributed by atoms with Gasteiger partial charge in [0.05, 0.1) is 13.2 Å². The molecule has 0 radical (unpaired) electrons. The van der Waals surface area contributed by atoms with Gasteiger partial charge in [-0.2, -0.15) is 0 Å². The van der Waals surface area contributed by atoms with Crippen LogP contribution in [0.1, 0.15) is 18.4 Å². The maximum Gasteiger partial charge on any atom is 0.174 e. The molecule has 1 aliphatic heterocycles. The molecule has 1 N–H and O–H groups in total. The molecule has 5 heteroatoms. The smallest absolute Gasteiger partial charge is 0.174 e. The molecule has 1 atom stereocenters. The van der Waals surface area contributed by atoms with Crippen LogP contribution in [-0.2, 0) is 20.8 Å². The Labute approximate surface area is 137 Å². The Kier molecular flexibility index (Phi) is 7.18. The van der Waals surface area contributed by atoms with Gasteiger partial charge >= 0.3 is 0 Å². The fraction of sp³-hybridized carbons (Fsp3) is 0.647. The minimum atomic E-state index is -0.486. The second kappa shape index (κ2) is 8.89. The molecular formula is C17H27NO3S. The monoisotopic (exact) mass is 325 g/mol. The van der Waals surface area contributed by atoms with Gasteiger partial charge in [-0.15, -0.1) is 11.8 Å². The van der Waals surface area contributed by atoms with Gasteiger partial charge in [0.25, 0.3) is 0 Å². The van der Waals surface area contributed by atoms with Crippen LogP contribution in [0.25, 0.3) is 0 Å². The third-order valence-corrected chi connectivity index (χ3v) is 5.13. The highest BCUT2D eigenvalue weighted by Crippen LogP contribution is 2.32. The first-order valence-electron chi connectivity index (χ1n) is 7.76. The molecule has 4 nitrogen and oxygen atoms in total. The van der Waals surface area contributed by atoms with Crippen molar-refractivity contribution in [2.45, 2.75) is 30.1 Å². The molecule has 0 aromatic heterocycles. The van der Waals surface area contributed by atoms with Crippen molar-refractivity contribution in [3.8, 4) is 0 Å². The summed E-state index contributed by atoms with van der Waals surface area (Å²) < 4.78 is 16.9. The number of rotatable bonds is 8. The molecule has 1 unspecified atom stereocenters. The molecule has 124 valence electrons. The average Bonchev–Trinajstić information content (AvgIpc) is 2.59. The molecule has 1 heterocycles. The minimum Gasteiger partial charge on any atom is -0.381 e. The Morgan fingerprint density at radius 3 is 2.64 bits per heavy atom. The van der Waals surface area contributed by atoms with E-state index < -0.39 is 5.79 Å². The molecule has 1 aliphatic rings. The van der Waals surface area contributed by atoms with Crippen molar-refractivity contribution in [1.29, 1.82) is 0 Å². The molecule has 1 saturated heterocycles. The molecule has 0 bridgehead atoms. The zero-order valence-corrected chi connectivity index (χ0v) is 14.6.